The summed E-state index contributed by atoms with van der Waals surface area (Å²) in [5, 5.41) is 2.95. The lowest BCUT2D eigenvalue weighted by molar-refractivity contribution is -0.140. The molecule has 3 heterocycles. The monoisotopic (exact) mass is 376 g/mol. The van der Waals surface area contributed by atoms with Gasteiger partial charge in [-0.05, 0) is 12.8 Å². The lowest BCUT2D eigenvalue weighted by Crippen LogP contribution is -2.49. The summed E-state index contributed by atoms with van der Waals surface area (Å²) in [5.41, 5.74) is 0. The number of imide groups is 1. The number of thiazole rings is 1. The van der Waals surface area contributed by atoms with Crippen LogP contribution in [0, 0.1) is 11.8 Å². The number of amides is 3. The van der Waals surface area contributed by atoms with E-state index in [4.69, 9.17) is 0 Å². The van der Waals surface area contributed by atoms with Crippen molar-refractivity contribution in [2.45, 2.75) is 32.1 Å². The fourth-order valence-electron chi connectivity index (χ4n) is 4.34. The number of likely N-dealkylation sites (tertiary alicyclic amines) is 1. The van der Waals surface area contributed by atoms with Crippen molar-refractivity contribution >= 4 is 34.2 Å². The Labute approximate surface area is 157 Å². The van der Waals surface area contributed by atoms with Crippen molar-refractivity contribution in [3.05, 3.63) is 11.6 Å². The van der Waals surface area contributed by atoms with E-state index in [2.05, 4.69) is 9.88 Å². The van der Waals surface area contributed by atoms with E-state index in [9.17, 15) is 14.4 Å². The lowest BCUT2D eigenvalue weighted by atomic mass is 9.81. The molecule has 1 saturated carbocycles. The van der Waals surface area contributed by atoms with Crippen molar-refractivity contribution in [1.29, 1.82) is 0 Å². The molecule has 140 valence electrons. The molecule has 3 amide bonds. The van der Waals surface area contributed by atoms with Crippen LogP contribution in [0.2, 0.25) is 0 Å². The molecule has 7 nitrogen and oxygen atoms in total. The topological polar surface area (TPSA) is 73.8 Å². The molecule has 4 rings (SSSR count). The second-order valence-electron chi connectivity index (χ2n) is 7.26. The van der Waals surface area contributed by atoms with Crippen molar-refractivity contribution in [2.75, 3.05) is 37.6 Å². The van der Waals surface area contributed by atoms with E-state index in [0.717, 1.165) is 43.9 Å². The van der Waals surface area contributed by atoms with Crippen molar-refractivity contribution in [1.82, 2.24) is 14.8 Å². The van der Waals surface area contributed by atoms with Gasteiger partial charge in [-0.1, -0.05) is 12.8 Å². The van der Waals surface area contributed by atoms with Gasteiger partial charge in [-0.15, -0.1) is 11.3 Å². The van der Waals surface area contributed by atoms with Gasteiger partial charge in [-0.3, -0.25) is 19.3 Å². The Morgan fingerprint density at radius 2 is 1.73 bits per heavy atom. The predicted molar refractivity (Wildman–Crippen MR) is 97.7 cm³/mol. The Hall–Kier alpha value is -1.96. The van der Waals surface area contributed by atoms with Crippen LogP contribution in [0.3, 0.4) is 0 Å². The highest BCUT2D eigenvalue weighted by Crippen LogP contribution is 2.38. The quantitative estimate of drug-likeness (QED) is 0.742. The molecule has 0 bridgehead atoms. The normalized spacial score (nSPS) is 26.4. The second-order valence-corrected chi connectivity index (χ2v) is 8.13. The fraction of sp³-hybridized carbons (Fsp3) is 0.667. The van der Waals surface area contributed by atoms with Gasteiger partial charge in [-0.2, -0.15) is 0 Å². The third-order valence-corrected chi connectivity index (χ3v) is 6.64. The largest absolute Gasteiger partial charge is 0.345 e. The maximum Gasteiger partial charge on any atom is 0.233 e. The Balaban J connectivity index is 1.28. The molecule has 1 aliphatic carbocycles. The number of hydrogen-bond acceptors (Lipinski definition) is 6. The molecule has 8 heteroatoms. The molecule has 0 N–H and O–H groups in total. The van der Waals surface area contributed by atoms with Gasteiger partial charge in [0, 0.05) is 50.7 Å². The van der Waals surface area contributed by atoms with Crippen LogP contribution in [0.5, 0.6) is 0 Å². The molecule has 2 aliphatic heterocycles. The van der Waals surface area contributed by atoms with Crippen molar-refractivity contribution in [2.24, 2.45) is 11.8 Å². The summed E-state index contributed by atoms with van der Waals surface area (Å²) in [4.78, 5) is 47.2. The van der Waals surface area contributed by atoms with Crippen LogP contribution in [0.1, 0.15) is 32.1 Å². The SMILES string of the molecule is O=C(CCN1C(=O)C2CCCCC2C1=O)N1CCN(c2nccs2)CC1. The van der Waals surface area contributed by atoms with E-state index in [1.54, 1.807) is 17.5 Å². The minimum absolute atomic E-state index is 0.0271. The predicted octanol–water partition coefficient (Wildman–Crippen LogP) is 1.36. The number of nitrogens with zero attached hydrogens (tertiary/aromatic N) is 4. The van der Waals surface area contributed by atoms with Gasteiger partial charge in [0.2, 0.25) is 17.7 Å². The molecular formula is C18H24N4O3S. The van der Waals surface area contributed by atoms with Crippen molar-refractivity contribution in [3.8, 4) is 0 Å². The van der Waals surface area contributed by atoms with Crippen molar-refractivity contribution in [3.63, 3.8) is 0 Å². The van der Waals surface area contributed by atoms with E-state index < -0.39 is 0 Å². The van der Waals surface area contributed by atoms with Crippen molar-refractivity contribution < 1.29 is 14.4 Å². The second kappa shape index (κ2) is 7.34. The molecular weight excluding hydrogens is 352 g/mol. The molecule has 1 aromatic heterocycles. The zero-order valence-corrected chi connectivity index (χ0v) is 15.6. The molecule has 0 radical (unpaired) electrons. The molecule has 1 aromatic rings. The number of fused-ring (bicyclic) bond motifs is 1. The molecule has 0 aromatic carbocycles. The summed E-state index contributed by atoms with van der Waals surface area (Å²) in [5.74, 6) is -0.345. The number of piperazine rings is 1. The summed E-state index contributed by atoms with van der Waals surface area (Å²) < 4.78 is 0. The first-order chi connectivity index (χ1) is 12.6. The summed E-state index contributed by atoms with van der Waals surface area (Å²) in [7, 11) is 0. The number of carbonyl (C=O) groups excluding carboxylic acids is 3. The summed E-state index contributed by atoms with van der Waals surface area (Å²) in [6.45, 7) is 3.09. The third kappa shape index (κ3) is 3.22. The number of anilines is 1. The van der Waals surface area contributed by atoms with E-state index in [1.807, 2.05) is 10.3 Å². The number of aromatic nitrogens is 1. The molecule has 3 fully saturated rings. The first kappa shape index (κ1) is 17.5. The first-order valence-electron chi connectivity index (χ1n) is 9.42. The van der Waals surface area contributed by atoms with E-state index >= 15 is 0 Å². The molecule has 3 aliphatic rings. The number of hydrogen-bond donors (Lipinski definition) is 0. The van der Waals surface area contributed by atoms with Gasteiger partial charge in [-0.25, -0.2) is 4.98 Å². The minimum Gasteiger partial charge on any atom is -0.345 e. The van der Waals surface area contributed by atoms with Crippen LogP contribution >= 0.6 is 11.3 Å². The summed E-state index contributed by atoms with van der Waals surface area (Å²) in [6.07, 6.45) is 5.71. The van der Waals surface area contributed by atoms with Gasteiger partial charge in [0.25, 0.3) is 0 Å². The van der Waals surface area contributed by atoms with Crippen LogP contribution in [-0.2, 0) is 14.4 Å². The number of carbonyl (C=O) groups is 3. The summed E-state index contributed by atoms with van der Waals surface area (Å²) in [6, 6.07) is 0. The fourth-order valence-corrected chi connectivity index (χ4v) is 5.03. The highest BCUT2D eigenvalue weighted by molar-refractivity contribution is 7.13. The average Bonchev–Trinajstić information content (AvgIpc) is 3.29. The van der Waals surface area contributed by atoms with E-state index in [1.165, 1.54) is 4.90 Å². The van der Waals surface area contributed by atoms with Crippen LogP contribution in [0.4, 0.5) is 5.13 Å². The Morgan fingerprint density at radius 1 is 1.08 bits per heavy atom. The van der Waals surface area contributed by atoms with E-state index in [0.29, 0.717) is 13.1 Å². The minimum atomic E-state index is -0.131. The molecule has 0 spiro atoms. The third-order valence-electron chi connectivity index (χ3n) is 5.80. The zero-order valence-electron chi connectivity index (χ0n) is 14.8. The molecule has 2 unspecified atom stereocenters. The molecule has 2 atom stereocenters. The highest BCUT2D eigenvalue weighted by Gasteiger charge is 2.47. The van der Waals surface area contributed by atoms with E-state index in [-0.39, 0.29) is 42.5 Å². The molecule has 2 saturated heterocycles. The Bertz CT molecular complexity index is 661. The van der Waals surface area contributed by atoms with Crippen LogP contribution < -0.4 is 4.90 Å². The summed E-state index contributed by atoms with van der Waals surface area (Å²) >= 11 is 1.61. The Kier molecular flexibility index (Phi) is 4.93. The van der Waals surface area contributed by atoms with Gasteiger partial charge >= 0.3 is 0 Å². The van der Waals surface area contributed by atoms with Gasteiger partial charge in [0.1, 0.15) is 0 Å². The van der Waals surface area contributed by atoms with Crippen LogP contribution in [0.15, 0.2) is 11.6 Å². The maximum absolute atomic E-state index is 12.5. The number of rotatable bonds is 4. The Morgan fingerprint density at radius 3 is 2.31 bits per heavy atom. The van der Waals surface area contributed by atoms with Gasteiger partial charge in [0.15, 0.2) is 5.13 Å². The smallest absolute Gasteiger partial charge is 0.233 e. The van der Waals surface area contributed by atoms with Gasteiger partial charge < -0.3 is 9.80 Å². The van der Waals surface area contributed by atoms with Gasteiger partial charge in [0.05, 0.1) is 11.8 Å². The maximum atomic E-state index is 12.5. The highest BCUT2D eigenvalue weighted by atomic mass is 32.1. The zero-order chi connectivity index (χ0) is 18.1. The van der Waals surface area contributed by atoms with Crippen LogP contribution in [-0.4, -0.2) is 65.2 Å². The lowest BCUT2D eigenvalue weighted by Gasteiger charge is -2.34. The average molecular weight is 376 g/mol. The van der Waals surface area contributed by atoms with Crippen LogP contribution in [0.25, 0.3) is 0 Å². The molecule has 26 heavy (non-hydrogen) atoms. The standard InChI is InChI=1S/C18H24N4O3S/c23-15(20-8-10-21(11-9-20)18-19-6-12-26-18)5-7-22-16(24)13-3-1-2-4-14(13)17(22)25/h6,12-14H,1-5,7-11H2. The first-order valence-corrected chi connectivity index (χ1v) is 10.3.